The standard InChI is InChI=1S/2C7H12BrNO2S/c1-5-6(2)9(4-7(5)8)12-11-10-3;1-5-4-7(8)9(6(5)2)12-11-10-3/h2*4-6H,1-3H3. The van der Waals surface area contributed by atoms with Crippen molar-refractivity contribution in [1.29, 1.82) is 0 Å². The molecule has 10 heteroatoms. The normalized spacial score (nSPS) is 29.3. The number of hydrogen-bond acceptors (Lipinski definition) is 8. The van der Waals surface area contributed by atoms with Crippen LogP contribution in [0, 0.1) is 11.8 Å². The first-order chi connectivity index (χ1) is 11.3. The predicted octanol–water partition coefficient (Wildman–Crippen LogP) is 5.41. The first kappa shape index (κ1) is 22.6. The average molecular weight is 508 g/mol. The Morgan fingerprint density at radius 1 is 0.958 bits per heavy atom. The molecule has 0 aromatic heterocycles. The highest BCUT2D eigenvalue weighted by Gasteiger charge is 2.29. The van der Waals surface area contributed by atoms with Crippen molar-refractivity contribution in [2.75, 3.05) is 14.2 Å². The molecule has 0 aromatic carbocycles. The van der Waals surface area contributed by atoms with Gasteiger partial charge in [-0.2, -0.15) is 0 Å². The van der Waals surface area contributed by atoms with Gasteiger partial charge in [0.05, 0.1) is 18.8 Å². The molecule has 2 aliphatic heterocycles. The zero-order valence-corrected chi connectivity index (χ0v) is 19.4. The summed E-state index contributed by atoms with van der Waals surface area (Å²) in [6.07, 6.45) is 4.16. The lowest BCUT2D eigenvalue weighted by atomic mass is 10.1. The molecule has 2 heterocycles. The Morgan fingerprint density at radius 3 is 1.96 bits per heavy atom. The molecule has 2 rings (SSSR count). The van der Waals surface area contributed by atoms with Crippen molar-refractivity contribution >= 4 is 56.3 Å². The second-order valence-electron chi connectivity index (χ2n) is 5.44. The van der Waals surface area contributed by atoms with Gasteiger partial charge in [0.1, 0.15) is 0 Å². The molecule has 0 bridgehead atoms. The van der Waals surface area contributed by atoms with Crippen molar-refractivity contribution in [2.24, 2.45) is 11.8 Å². The second-order valence-corrected chi connectivity index (χ2v) is 8.55. The van der Waals surface area contributed by atoms with Gasteiger partial charge in [-0.1, -0.05) is 29.8 Å². The fraction of sp³-hybridized carbons (Fsp3) is 0.714. The first-order valence-electron chi connectivity index (χ1n) is 7.40. The van der Waals surface area contributed by atoms with Crippen molar-refractivity contribution in [3.63, 3.8) is 0 Å². The smallest absolute Gasteiger partial charge is 0.152 e. The Morgan fingerprint density at radius 2 is 1.54 bits per heavy atom. The van der Waals surface area contributed by atoms with Crippen LogP contribution in [-0.2, 0) is 18.4 Å². The molecule has 0 saturated carbocycles. The third-order valence-corrected chi connectivity index (χ3v) is 7.42. The summed E-state index contributed by atoms with van der Waals surface area (Å²) in [5, 5.41) is 0. The summed E-state index contributed by atoms with van der Waals surface area (Å²) in [5.74, 6) is 1.05. The van der Waals surface area contributed by atoms with E-state index in [0.717, 1.165) is 4.61 Å². The van der Waals surface area contributed by atoms with Gasteiger partial charge in [-0.05, 0) is 41.8 Å². The van der Waals surface area contributed by atoms with Crippen LogP contribution in [0.1, 0.15) is 27.7 Å². The average Bonchev–Trinajstić information content (AvgIpc) is 2.94. The maximum absolute atomic E-state index is 4.78. The molecule has 6 nitrogen and oxygen atoms in total. The Kier molecular flexibility index (Phi) is 10.7. The molecule has 0 amide bonds. The van der Waals surface area contributed by atoms with Crippen LogP contribution in [0.3, 0.4) is 0 Å². The number of nitrogens with zero attached hydrogens (tertiary/aromatic N) is 2. The van der Waals surface area contributed by atoms with Crippen LogP contribution in [0.4, 0.5) is 0 Å². The minimum atomic E-state index is 0.430. The lowest BCUT2D eigenvalue weighted by Crippen LogP contribution is -2.23. The molecule has 2 aliphatic rings. The van der Waals surface area contributed by atoms with Gasteiger partial charge < -0.3 is 0 Å². The Balaban J connectivity index is 0.000000240. The zero-order chi connectivity index (χ0) is 18.3. The van der Waals surface area contributed by atoms with Gasteiger partial charge in [-0.25, -0.2) is 9.78 Å². The summed E-state index contributed by atoms with van der Waals surface area (Å²) in [5.41, 5.74) is 0. The van der Waals surface area contributed by atoms with E-state index in [1.165, 1.54) is 43.2 Å². The number of rotatable bonds is 6. The van der Waals surface area contributed by atoms with Gasteiger partial charge in [-0.3, -0.25) is 8.61 Å². The van der Waals surface area contributed by atoms with E-state index in [-0.39, 0.29) is 0 Å². The summed E-state index contributed by atoms with van der Waals surface area (Å²) in [6.45, 7) is 8.61. The minimum Gasteiger partial charge on any atom is -0.294 e. The SMILES string of the molecule is COOSN1C(Br)=CC(C)C1C.COOSN1C=C(Br)C(C)C1C. The van der Waals surface area contributed by atoms with Crippen LogP contribution in [0.15, 0.2) is 21.4 Å². The van der Waals surface area contributed by atoms with E-state index in [9.17, 15) is 0 Å². The largest absolute Gasteiger partial charge is 0.294 e. The van der Waals surface area contributed by atoms with Crippen LogP contribution in [-0.4, -0.2) is 34.9 Å². The van der Waals surface area contributed by atoms with E-state index in [2.05, 4.69) is 75.4 Å². The van der Waals surface area contributed by atoms with E-state index in [0.29, 0.717) is 23.9 Å². The van der Waals surface area contributed by atoms with Gasteiger partial charge in [0.2, 0.25) is 0 Å². The van der Waals surface area contributed by atoms with E-state index in [1.54, 1.807) is 0 Å². The monoisotopic (exact) mass is 506 g/mol. The molecule has 140 valence electrons. The Labute approximate surface area is 170 Å². The molecule has 4 atom stereocenters. The Hall–Kier alpha value is 0.580. The van der Waals surface area contributed by atoms with Crippen LogP contribution in [0.2, 0.25) is 0 Å². The van der Waals surface area contributed by atoms with E-state index < -0.39 is 0 Å². The molecule has 0 aliphatic carbocycles. The molecule has 0 aromatic rings. The fourth-order valence-electron chi connectivity index (χ4n) is 1.97. The van der Waals surface area contributed by atoms with Gasteiger partial charge in [0, 0.05) is 28.7 Å². The molecule has 0 spiro atoms. The summed E-state index contributed by atoms with van der Waals surface area (Å²) in [6, 6.07) is 0.860. The van der Waals surface area contributed by atoms with Gasteiger partial charge in [0.25, 0.3) is 0 Å². The maximum atomic E-state index is 4.78. The molecule has 0 radical (unpaired) electrons. The summed E-state index contributed by atoms with van der Waals surface area (Å²) in [4.78, 5) is 9.01. The summed E-state index contributed by atoms with van der Waals surface area (Å²) >= 11 is 9.34. The lowest BCUT2D eigenvalue weighted by Gasteiger charge is -2.22. The predicted molar refractivity (Wildman–Crippen MR) is 106 cm³/mol. The topological polar surface area (TPSA) is 43.4 Å². The van der Waals surface area contributed by atoms with Gasteiger partial charge in [0.15, 0.2) is 24.5 Å². The summed E-state index contributed by atoms with van der Waals surface area (Å²) < 4.78 is 15.8. The fourth-order valence-corrected chi connectivity index (χ4v) is 4.82. The Bertz CT molecular complexity index is 456. The van der Waals surface area contributed by atoms with E-state index in [4.69, 9.17) is 8.67 Å². The molecule has 0 N–H and O–H groups in total. The minimum absolute atomic E-state index is 0.430. The van der Waals surface area contributed by atoms with Crippen molar-refractivity contribution in [2.45, 2.75) is 39.8 Å². The molecule has 0 saturated heterocycles. The van der Waals surface area contributed by atoms with Crippen molar-refractivity contribution < 1.29 is 18.4 Å². The molecule has 24 heavy (non-hydrogen) atoms. The van der Waals surface area contributed by atoms with Crippen molar-refractivity contribution in [1.82, 2.24) is 8.61 Å². The third kappa shape index (κ3) is 6.39. The van der Waals surface area contributed by atoms with Crippen LogP contribution in [0.5, 0.6) is 0 Å². The highest BCUT2D eigenvalue weighted by molar-refractivity contribution is 9.12. The quantitative estimate of drug-likeness (QED) is 0.155. The summed E-state index contributed by atoms with van der Waals surface area (Å²) in [7, 11) is 2.99. The molecular weight excluding hydrogens is 484 g/mol. The highest BCUT2D eigenvalue weighted by atomic mass is 79.9. The highest BCUT2D eigenvalue weighted by Crippen LogP contribution is 2.37. The van der Waals surface area contributed by atoms with Gasteiger partial charge in [-0.15, -0.1) is 8.67 Å². The molecule has 4 unspecified atom stereocenters. The maximum Gasteiger partial charge on any atom is 0.152 e. The second kappa shape index (κ2) is 11.3. The molecular formula is C14H24Br2N2O4S2. The van der Waals surface area contributed by atoms with Crippen LogP contribution in [0.25, 0.3) is 0 Å². The number of halogens is 2. The van der Waals surface area contributed by atoms with Crippen LogP contribution >= 0.6 is 56.3 Å². The van der Waals surface area contributed by atoms with Gasteiger partial charge >= 0.3 is 0 Å². The van der Waals surface area contributed by atoms with Crippen molar-refractivity contribution in [3.8, 4) is 0 Å². The molecule has 0 fully saturated rings. The van der Waals surface area contributed by atoms with E-state index >= 15 is 0 Å². The first-order valence-corrected chi connectivity index (χ1v) is 10.4. The number of hydrogen-bond donors (Lipinski definition) is 0. The zero-order valence-electron chi connectivity index (χ0n) is 14.6. The van der Waals surface area contributed by atoms with Crippen molar-refractivity contribution in [3.05, 3.63) is 21.4 Å². The van der Waals surface area contributed by atoms with Crippen LogP contribution < -0.4 is 0 Å². The third-order valence-electron chi connectivity index (χ3n) is 3.92. The lowest BCUT2D eigenvalue weighted by molar-refractivity contribution is -0.163. The van der Waals surface area contributed by atoms with E-state index in [1.807, 2.05) is 14.8 Å².